The molecule has 0 fully saturated rings. The zero-order chi connectivity index (χ0) is 36.1. The first-order valence-corrected chi connectivity index (χ1v) is 20.0. The van der Waals surface area contributed by atoms with Gasteiger partial charge in [-0.3, -0.25) is 4.52 Å². The molecule has 1 atom stereocenters. The van der Waals surface area contributed by atoms with E-state index in [-0.39, 0.29) is 18.1 Å². The lowest BCUT2D eigenvalue weighted by atomic mass is 10.0. The van der Waals surface area contributed by atoms with Crippen LogP contribution in [0.1, 0.15) is 119 Å². The second-order valence-corrected chi connectivity index (χ2v) is 15.8. The fourth-order valence-corrected chi connectivity index (χ4v) is 6.84. The van der Waals surface area contributed by atoms with E-state index in [1.165, 1.54) is 27.9 Å². The maximum atomic E-state index is 13.7. The van der Waals surface area contributed by atoms with Crippen molar-refractivity contribution >= 4 is 31.0 Å². The lowest BCUT2D eigenvalue weighted by Gasteiger charge is -2.21. The van der Waals surface area contributed by atoms with Gasteiger partial charge in [0.25, 0.3) is 0 Å². The van der Waals surface area contributed by atoms with Crippen LogP contribution in [0.15, 0.2) is 107 Å². The molecule has 0 heterocycles. The number of phosphoric acid groups is 1. The molecule has 1 unspecified atom stereocenters. The second-order valence-electron chi connectivity index (χ2n) is 13.4. The van der Waals surface area contributed by atoms with E-state index in [1.54, 1.807) is 48.5 Å². The molecule has 0 amide bonds. The third kappa shape index (κ3) is 19.5. The molecule has 0 aliphatic heterocycles. The minimum absolute atomic E-state index is 0.211. The summed E-state index contributed by atoms with van der Waals surface area (Å²) in [4.78, 5) is 0. The summed E-state index contributed by atoms with van der Waals surface area (Å²) in [5.74, 6) is 0.811. The first-order chi connectivity index (χ1) is 23.4. The van der Waals surface area contributed by atoms with Crippen molar-refractivity contribution in [1.82, 2.24) is 0 Å². The Morgan fingerprint density at radius 3 is 1.41 bits per heavy atom. The van der Waals surface area contributed by atoms with E-state index in [4.69, 9.17) is 36.8 Å². The maximum absolute atomic E-state index is 13.7. The Kier molecular flexibility index (Phi) is 20.8. The van der Waals surface area contributed by atoms with Crippen molar-refractivity contribution in [3.63, 3.8) is 0 Å². The maximum Gasteiger partial charge on any atom is 0.587 e. The molecule has 270 valence electrons. The average Bonchev–Trinajstić information content (AvgIpc) is 3.03. The normalized spacial score (nSPS) is 13.7. The summed E-state index contributed by atoms with van der Waals surface area (Å²) < 4.78 is 30.9. The summed E-state index contributed by atoms with van der Waals surface area (Å²) in [6.45, 7) is 15.7. The van der Waals surface area contributed by atoms with Gasteiger partial charge >= 0.3 is 7.82 Å². The number of hydrogen-bond donors (Lipinski definition) is 0. The van der Waals surface area contributed by atoms with E-state index in [0.29, 0.717) is 22.4 Å². The van der Waals surface area contributed by atoms with Gasteiger partial charge in [0.2, 0.25) is 0 Å². The average molecular weight is 730 g/mol. The van der Waals surface area contributed by atoms with Crippen LogP contribution in [0.3, 0.4) is 0 Å². The molecular weight excluding hydrogens is 670 g/mol. The zero-order valence-electron chi connectivity index (χ0n) is 30.9. The van der Waals surface area contributed by atoms with Gasteiger partial charge in [0.1, 0.15) is 0 Å². The molecule has 49 heavy (non-hydrogen) atoms. The second kappa shape index (κ2) is 23.8. The van der Waals surface area contributed by atoms with Gasteiger partial charge in [0, 0.05) is 0 Å². The molecule has 0 aliphatic rings. The standard InChI is InChI=1S/C42H59Cl2O4P/c1-33(2)17-12-18-34(3)19-13-20-35(4)21-14-22-36(5)23-15-24-37(6)25-16-26-38(7)31-32-46-49(45,47-41-29-10-8-27-39(41)43)48-42-30-11-9-28-40(42)44/h8-11,17,19,21,23,25,27-30,38H,12-16,18,20,22,24,26,31-32H2,1-7H3/b34-19+,35-21+,36-23+,37-25+. The highest BCUT2D eigenvalue weighted by atomic mass is 35.5. The molecule has 0 saturated heterocycles. The van der Waals surface area contributed by atoms with E-state index >= 15 is 0 Å². The molecule has 0 saturated carbocycles. The Morgan fingerprint density at radius 2 is 1.00 bits per heavy atom. The van der Waals surface area contributed by atoms with Crippen molar-refractivity contribution in [3.8, 4) is 11.5 Å². The summed E-state index contributed by atoms with van der Waals surface area (Å²) in [5.41, 5.74) is 7.27. The van der Waals surface area contributed by atoms with E-state index < -0.39 is 7.82 Å². The predicted molar refractivity (Wildman–Crippen MR) is 212 cm³/mol. The Hall–Kier alpha value is -2.49. The summed E-state index contributed by atoms with van der Waals surface area (Å²) in [5, 5.41) is 0.627. The first kappa shape index (κ1) is 42.7. The lowest BCUT2D eigenvalue weighted by Crippen LogP contribution is -2.08. The SMILES string of the molecule is CC(C)=CCC/C(C)=C/CC/C(C)=C/CC/C(C)=C/CC/C(C)=C/CCC(C)CCOP(=O)(Oc1ccccc1Cl)Oc1ccccc1Cl. The molecule has 7 heteroatoms. The minimum atomic E-state index is -4.05. The van der Waals surface area contributed by atoms with Crippen LogP contribution in [0.4, 0.5) is 0 Å². The monoisotopic (exact) mass is 728 g/mol. The third-order valence-electron chi connectivity index (χ3n) is 8.29. The highest BCUT2D eigenvalue weighted by molar-refractivity contribution is 7.49. The van der Waals surface area contributed by atoms with Crippen molar-refractivity contribution in [3.05, 3.63) is 117 Å². The summed E-state index contributed by atoms with van der Waals surface area (Å²) in [7, 11) is -4.05. The van der Waals surface area contributed by atoms with Gasteiger partial charge in [-0.2, -0.15) is 0 Å². The van der Waals surface area contributed by atoms with Crippen LogP contribution >= 0.6 is 31.0 Å². The topological polar surface area (TPSA) is 44.8 Å². The largest absolute Gasteiger partial charge is 0.587 e. The highest BCUT2D eigenvalue weighted by Crippen LogP contribution is 2.52. The quantitative estimate of drug-likeness (QED) is 0.0844. The van der Waals surface area contributed by atoms with Crippen LogP contribution in [0.5, 0.6) is 11.5 Å². The van der Waals surface area contributed by atoms with E-state index in [1.807, 2.05) is 0 Å². The molecule has 0 bridgehead atoms. The lowest BCUT2D eigenvalue weighted by molar-refractivity contribution is 0.196. The van der Waals surface area contributed by atoms with E-state index in [2.05, 4.69) is 78.8 Å². The van der Waals surface area contributed by atoms with E-state index in [9.17, 15) is 4.57 Å². The van der Waals surface area contributed by atoms with Gasteiger partial charge in [-0.05, 0) is 142 Å². The number of hydrogen-bond acceptors (Lipinski definition) is 4. The van der Waals surface area contributed by atoms with Crippen LogP contribution in [0, 0.1) is 5.92 Å². The number of phosphoric ester groups is 1. The first-order valence-electron chi connectivity index (χ1n) is 17.8. The summed E-state index contributed by atoms with van der Waals surface area (Å²) in [6, 6.07) is 13.6. The van der Waals surface area contributed by atoms with Gasteiger partial charge in [0.05, 0.1) is 16.7 Å². The Labute approximate surface area is 307 Å². The number of benzene rings is 2. The van der Waals surface area contributed by atoms with Crippen LogP contribution < -0.4 is 9.05 Å². The molecule has 0 spiro atoms. The van der Waals surface area contributed by atoms with Crippen molar-refractivity contribution < 1.29 is 18.1 Å². The van der Waals surface area contributed by atoms with Crippen LogP contribution in [-0.4, -0.2) is 6.61 Å². The highest BCUT2D eigenvalue weighted by Gasteiger charge is 2.32. The molecule has 0 aliphatic carbocycles. The summed E-state index contributed by atoms with van der Waals surface area (Å²) in [6.07, 6.45) is 23.6. The van der Waals surface area contributed by atoms with Crippen LogP contribution in [0.2, 0.25) is 10.0 Å². The zero-order valence-corrected chi connectivity index (χ0v) is 33.3. The van der Waals surface area contributed by atoms with Crippen molar-refractivity contribution in [2.24, 2.45) is 5.92 Å². The number of para-hydroxylation sites is 2. The minimum Gasteiger partial charge on any atom is -0.393 e. The molecule has 0 radical (unpaired) electrons. The third-order valence-corrected chi connectivity index (χ3v) is 10.3. The Morgan fingerprint density at radius 1 is 0.612 bits per heavy atom. The molecule has 2 aromatic rings. The molecule has 4 nitrogen and oxygen atoms in total. The number of allylic oxidation sites excluding steroid dienone is 10. The molecule has 2 aromatic carbocycles. The van der Waals surface area contributed by atoms with Gasteiger partial charge in [-0.15, -0.1) is 0 Å². The molecule has 2 rings (SSSR count). The smallest absolute Gasteiger partial charge is 0.393 e. The fraction of sp³-hybridized carbons (Fsp3) is 0.476. The Balaban J connectivity index is 1.71. The summed E-state index contributed by atoms with van der Waals surface area (Å²) >= 11 is 12.5. The fourth-order valence-electron chi connectivity index (χ4n) is 5.11. The van der Waals surface area contributed by atoms with E-state index in [0.717, 1.165) is 64.2 Å². The van der Waals surface area contributed by atoms with Crippen molar-refractivity contribution in [1.29, 1.82) is 0 Å². The number of rotatable bonds is 23. The predicted octanol–water partition coefficient (Wildman–Crippen LogP) is 15.3. The van der Waals surface area contributed by atoms with Crippen LogP contribution in [-0.2, 0) is 9.09 Å². The van der Waals surface area contributed by atoms with Crippen LogP contribution in [0.25, 0.3) is 0 Å². The molecule has 0 N–H and O–H groups in total. The number of halogens is 2. The van der Waals surface area contributed by atoms with Crippen molar-refractivity contribution in [2.45, 2.75) is 119 Å². The molecular formula is C42H59Cl2O4P. The van der Waals surface area contributed by atoms with Gasteiger partial charge < -0.3 is 9.05 Å². The molecule has 0 aromatic heterocycles. The van der Waals surface area contributed by atoms with Gasteiger partial charge in [0.15, 0.2) is 11.5 Å². The van der Waals surface area contributed by atoms with Gasteiger partial charge in [-0.25, -0.2) is 4.57 Å². The van der Waals surface area contributed by atoms with Gasteiger partial charge in [-0.1, -0.05) is 113 Å². The van der Waals surface area contributed by atoms with Crippen molar-refractivity contribution in [2.75, 3.05) is 6.61 Å². The Bertz CT molecular complexity index is 1430.